The van der Waals surface area contributed by atoms with E-state index in [0.29, 0.717) is 13.2 Å². The van der Waals surface area contributed by atoms with Crippen molar-refractivity contribution in [1.82, 2.24) is 0 Å². The summed E-state index contributed by atoms with van der Waals surface area (Å²) >= 11 is -1.68. The van der Waals surface area contributed by atoms with Crippen LogP contribution in [0.25, 0.3) is 0 Å². The maximum Gasteiger partial charge on any atom is 0.304 e. The third-order valence-electron chi connectivity index (χ3n) is 1.63. The summed E-state index contributed by atoms with van der Waals surface area (Å²) < 4.78 is 31.3. The van der Waals surface area contributed by atoms with E-state index in [2.05, 4.69) is 0 Å². The summed E-state index contributed by atoms with van der Waals surface area (Å²) in [5.41, 5.74) is 0. The summed E-state index contributed by atoms with van der Waals surface area (Å²) in [5.74, 6) is -0.568. The van der Waals surface area contributed by atoms with Crippen LogP contribution >= 0.6 is 0 Å². The molecule has 1 heterocycles. The lowest BCUT2D eigenvalue weighted by Crippen LogP contribution is -2.24. The van der Waals surface area contributed by atoms with Crippen LogP contribution in [0.2, 0.25) is 0 Å². The number of rotatable bonds is 5. The van der Waals surface area contributed by atoms with Crippen LogP contribution in [-0.2, 0) is 29.2 Å². The maximum absolute atomic E-state index is 10.9. The molecule has 14 heavy (non-hydrogen) atoms. The van der Waals surface area contributed by atoms with Crippen LogP contribution < -0.4 is 0 Å². The molecule has 0 aromatic carbocycles. The first-order valence-electron chi connectivity index (χ1n) is 4.53. The Morgan fingerprint density at radius 2 is 2.21 bits per heavy atom. The quantitative estimate of drug-likeness (QED) is 0.690. The van der Waals surface area contributed by atoms with Gasteiger partial charge in [0.1, 0.15) is 6.10 Å². The smallest absolute Gasteiger partial charge is 0.304 e. The van der Waals surface area contributed by atoms with Gasteiger partial charge in [-0.25, -0.2) is 0 Å². The first-order chi connectivity index (χ1) is 6.53. The fraction of sp³-hybridized carbons (Fsp3) is 1.00. The summed E-state index contributed by atoms with van der Waals surface area (Å²) in [4.78, 5) is 0. The second-order valence-corrected chi connectivity index (χ2v) is 4.23. The third kappa shape index (κ3) is 4.02. The summed E-state index contributed by atoms with van der Waals surface area (Å²) in [6.45, 7) is 6.44. The molecule has 6 heteroatoms. The highest BCUT2D eigenvalue weighted by Gasteiger charge is 2.33. The highest BCUT2D eigenvalue weighted by molar-refractivity contribution is 7.75. The fourth-order valence-electron chi connectivity index (χ4n) is 1.11. The van der Waals surface area contributed by atoms with Gasteiger partial charge >= 0.3 is 11.4 Å². The van der Waals surface area contributed by atoms with Crippen molar-refractivity contribution in [3.05, 3.63) is 0 Å². The van der Waals surface area contributed by atoms with Gasteiger partial charge in [-0.1, -0.05) is 0 Å². The summed E-state index contributed by atoms with van der Waals surface area (Å²) in [6, 6.07) is 0. The zero-order valence-corrected chi connectivity index (χ0v) is 9.46. The lowest BCUT2D eigenvalue weighted by atomic mass is 10.4. The van der Waals surface area contributed by atoms with E-state index in [-0.39, 0.29) is 12.7 Å². The Bertz CT molecular complexity index is 206. The van der Waals surface area contributed by atoms with Gasteiger partial charge in [-0.05, 0) is 20.8 Å². The molecule has 0 aliphatic carbocycles. The van der Waals surface area contributed by atoms with Crippen LogP contribution in [0.1, 0.15) is 20.8 Å². The Labute approximate surface area is 86.5 Å². The minimum atomic E-state index is -1.68. The van der Waals surface area contributed by atoms with Gasteiger partial charge in [0.2, 0.25) is 0 Å². The summed E-state index contributed by atoms with van der Waals surface area (Å²) in [6.07, 6.45) is -0.172. The second kappa shape index (κ2) is 5.18. The molecule has 0 radical (unpaired) electrons. The molecule has 0 bridgehead atoms. The van der Waals surface area contributed by atoms with Crippen LogP contribution in [0.4, 0.5) is 0 Å². The summed E-state index contributed by atoms with van der Waals surface area (Å²) in [5, 5.41) is 0. The lowest BCUT2D eigenvalue weighted by Gasteiger charge is -2.16. The molecule has 1 fully saturated rings. The number of hydrogen-bond donors (Lipinski definition) is 0. The van der Waals surface area contributed by atoms with E-state index < -0.39 is 17.1 Å². The van der Waals surface area contributed by atoms with Gasteiger partial charge in [0.15, 0.2) is 5.79 Å². The van der Waals surface area contributed by atoms with Crippen molar-refractivity contribution in [1.29, 1.82) is 0 Å². The molecule has 5 nitrogen and oxygen atoms in total. The standard InChI is InChI=1S/C8H16O5S/c1-4-11-14(9)12-6-7-5-10-8(2,3)13-7/h7H,4-6H2,1-3H3. The molecular weight excluding hydrogens is 208 g/mol. The van der Waals surface area contributed by atoms with Crippen molar-refractivity contribution in [2.45, 2.75) is 32.7 Å². The minimum Gasteiger partial charge on any atom is -0.348 e. The molecule has 2 unspecified atom stereocenters. The average Bonchev–Trinajstić information content (AvgIpc) is 2.43. The van der Waals surface area contributed by atoms with Crippen molar-refractivity contribution in [2.75, 3.05) is 19.8 Å². The molecule has 84 valence electrons. The second-order valence-electron chi connectivity index (χ2n) is 3.35. The first-order valence-corrected chi connectivity index (χ1v) is 5.53. The van der Waals surface area contributed by atoms with E-state index in [9.17, 15) is 4.21 Å². The van der Waals surface area contributed by atoms with Crippen molar-refractivity contribution >= 4 is 11.4 Å². The Morgan fingerprint density at radius 3 is 2.71 bits per heavy atom. The van der Waals surface area contributed by atoms with E-state index in [1.807, 2.05) is 13.8 Å². The molecule has 1 aliphatic heterocycles. The van der Waals surface area contributed by atoms with E-state index in [1.54, 1.807) is 6.92 Å². The monoisotopic (exact) mass is 224 g/mol. The van der Waals surface area contributed by atoms with Crippen molar-refractivity contribution in [3.8, 4) is 0 Å². The molecule has 0 N–H and O–H groups in total. The van der Waals surface area contributed by atoms with Gasteiger partial charge in [0.05, 0.1) is 19.8 Å². The van der Waals surface area contributed by atoms with E-state index in [4.69, 9.17) is 17.8 Å². The van der Waals surface area contributed by atoms with Gasteiger partial charge in [-0.15, -0.1) is 0 Å². The van der Waals surface area contributed by atoms with Crippen molar-refractivity contribution < 1.29 is 22.0 Å². The zero-order chi connectivity index (χ0) is 10.6. The van der Waals surface area contributed by atoms with E-state index in [1.165, 1.54) is 0 Å². The minimum absolute atomic E-state index is 0.172. The maximum atomic E-state index is 10.9. The van der Waals surface area contributed by atoms with Gasteiger partial charge in [0.25, 0.3) is 0 Å². The van der Waals surface area contributed by atoms with Crippen LogP contribution in [0.5, 0.6) is 0 Å². The Hall–Kier alpha value is -0.0100. The molecule has 0 aromatic heterocycles. The van der Waals surface area contributed by atoms with Crippen LogP contribution in [0.15, 0.2) is 0 Å². The normalized spacial score (nSPS) is 27.8. The molecule has 0 spiro atoms. The molecule has 0 saturated carbocycles. The van der Waals surface area contributed by atoms with Crippen molar-refractivity contribution in [3.63, 3.8) is 0 Å². The predicted molar refractivity (Wildman–Crippen MR) is 50.6 cm³/mol. The van der Waals surface area contributed by atoms with Gasteiger partial charge in [-0.3, -0.25) is 8.37 Å². The molecule has 1 saturated heterocycles. The largest absolute Gasteiger partial charge is 0.348 e. The Balaban J connectivity index is 2.17. The molecule has 1 rings (SSSR count). The van der Waals surface area contributed by atoms with Crippen molar-refractivity contribution in [2.24, 2.45) is 0 Å². The molecular formula is C8H16O5S. The predicted octanol–water partition coefficient (Wildman–Crippen LogP) is 0.770. The average molecular weight is 224 g/mol. The SMILES string of the molecule is CCOS(=O)OCC1COC(C)(C)O1. The molecule has 0 aromatic rings. The van der Waals surface area contributed by atoms with E-state index >= 15 is 0 Å². The first kappa shape index (κ1) is 12.1. The van der Waals surface area contributed by atoms with E-state index in [0.717, 1.165) is 0 Å². The number of hydrogen-bond acceptors (Lipinski definition) is 5. The topological polar surface area (TPSA) is 54.0 Å². The third-order valence-corrected chi connectivity index (χ3v) is 2.39. The Morgan fingerprint density at radius 1 is 1.50 bits per heavy atom. The van der Waals surface area contributed by atoms with Crippen LogP contribution in [0, 0.1) is 0 Å². The molecule has 1 aliphatic rings. The van der Waals surface area contributed by atoms with Gasteiger partial charge in [0, 0.05) is 0 Å². The molecule has 2 atom stereocenters. The highest BCUT2D eigenvalue weighted by Crippen LogP contribution is 2.22. The summed E-state index contributed by atoms with van der Waals surface area (Å²) in [7, 11) is 0. The van der Waals surface area contributed by atoms with Crippen LogP contribution in [-0.4, -0.2) is 35.9 Å². The lowest BCUT2D eigenvalue weighted by molar-refractivity contribution is -0.141. The fourth-order valence-corrected chi connectivity index (χ4v) is 1.63. The van der Waals surface area contributed by atoms with Crippen LogP contribution in [0.3, 0.4) is 0 Å². The number of ether oxygens (including phenoxy) is 2. The highest BCUT2D eigenvalue weighted by atomic mass is 32.2. The molecule has 0 amide bonds. The van der Waals surface area contributed by atoms with Gasteiger partial charge < -0.3 is 9.47 Å². The Kier molecular flexibility index (Phi) is 4.46. The van der Waals surface area contributed by atoms with Gasteiger partial charge in [-0.2, -0.15) is 4.21 Å². The zero-order valence-electron chi connectivity index (χ0n) is 8.65.